The molecule has 0 radical (unpaired) electrons. The number of pyridine rings is 1. The Bertz CT molecular complexity index is 351. The third kappa shape index (κ3) is 3.31. The first kappa shape index (κ1) is 12.6. The summed E-state index contributed by atoms with van der Waals surface area (Å²) in [7, 11) is 0. The molecule has 16 heavy (non-hydrogen) atoms. The third-order valence-corrected chi connectivity index (χ3v) is 2.51. The molecule has 1 unspecified atom stereocenters. The summed E-state index contributed by atoms with van der Waals surface area (Å²) in [5.74, 6) is -0.126. The van der Waals surface area contributed by atoms with Gasteiger partial charge in [-0.25, -0.2) is 0 Å². The fourth-order valence-corrected chi connectivity index (χ4v) is 1.86. The van der Waals surface area contributed by atoms with Gasteiger partial charge in [-0.05, 0) is 24.0 Å². The van der Waals surface area contributed by atoms with E-state index in [0.29, 0.717) is 18.8 Å². The van der Waals surface area contributed by atoms with Crippen molar-refractivity contribution >= 4 is 5.91 Å². The van der Waals surface area contributed by atoms with Crippen molar-refractivity contribution in [2.45, 2.75) is 32.2 Å². The monoisotopic (exact) mass is 221 g/mol. The molecule has 4 nitrogen and oxygen atoms in total. The molecule has 0 saturated carbocycles. The van der Waals surface area contributed by atoms with E-state index >= 15 is 0 Å². The van der Waals surface area contributed by atoms with E-state index in [1.165, 1.54) is 0 Å². The molecule has 1 aromatic heterocycles. The van der Waals surface area contributed by atoms with Gasteiger partial charge in [0, 0.05) is 18.8 Å². The Kier molecular flexibility index (Phi) is 4.01. The molecule has 1 aromatic rings. The second-order valence-corrected chi connectivity index (χ2v) is 4.66. The van der Waals surface area contributed by atoms with Crippen LogP contribution in [0.1, 0.15) is 25.8 Å². The first-order valence-corrected chi connectivity index (χ1v) is 5.42. The Balaban J connectivity index is 2.83. The molecule has 0 saturated heterocycles. The van der Waals surface area contributed by atoms with Gasteiger partial charge in [0.1, 0.15) is 0 Å². The maximum atomic E-state index is 11.4. The van der Waals surface area contributed by atoms with E-state index in [-0.39, 0.29) is 0 Å². The molecular formula is C12H19N3O. The number of hydrogen-bond acceptors (Lipinski definition) is 3. The lowest BCUT2D eigenvalue weighted by atomic mass is 9.84. The highest BCUT2D eigenvalue weighted by Gasteiger charge is 2.32. The van der Waals surface area contributed by atoms with Crippen LogP contribution in [0.3, 0.4) is 0 Å². The van der Waals surface area contributed by atoms with Crippen molar-refractivity contribution in [2.75, 3.05) is 0 Å². The highest BCUT2D eigenvalue weighted by Crippen LogP contribution is 2.19. The van der Waals surface area contributed by atoms with Gasteiger partial charge in [-0.15, -0.1) is 0 Å². The van der Waals surface area contributed by atoms with E-state index in [4.69, 9.17) is 11.5 Å². The third-order valence-electron chi connectivity index (χ3n) is 2.51. The normalized spacial score (nSPS) is 14.8. The minimum Gasteiger partial charge on any atom is -0.368 e. The minimum absolute atomic E-state index is 0.328. The van der Waals surface area contributed by atoms with E-state index in [0.717, 1.165) is 5.56 Å². The molecule has 0 aliphatic rings. The molecule has 0 bridgehead atoms. The number of amides is 1. The molecule has 1 rings (SSSR count). The zero-order valence-corrected chi connectivity index (χ0v) is 9.81. The summed E-state index contributed by atoms with van der Waals surface area (Å²) in [4.78, 5) is 15.4. The van der Waals surface area contributed by atoms with Gasteiger partial charge in [0.15, 0.2) is 0 Å². The molecule has 4 N–H and O–H groups in total. The van der Waals surface area contributed by atoms with Crippen LogP contribution in [0.15, 0.2) is 24.5 Å². The van der Waals surface area contributed by atoms with E-state index in [2.05, 4.69) is 4.98 Å². The van der Waals surface area contributed by atoms with Crippen LogP contribution < -0.4 is 11.5 Å². The molecule has 1 heterocycles. The van der Waals surface area contributed by atoms with Crippen LogP contribution in [0.5, 0.6) is 0 Å². The van der Waals surface area contributed by atoms with Crippen molar-refractivity contribution < 1.29 is 4.79 Å². The highest BCUT2D eigenvalue weighted by molar-refractivity contribution is 5.84. The van der Waals surface area contributed by atoms with Crippen LogP contribution in [-0.2, 0) is 11.2 Å². The number of aromatic nitrogens is 1. The highest BCUT2D eigenvalue weighted by atomic mass is 16.1. The Morgan fingerprint density at radius 2 is 2.25 bits per heavy atom. The van der Waals surface area contributed by atoms with Gasteiger partial charge in [-0.2, -0.15) is 0 Å². The Hall–Kier alpha value is -1.42. The molecule has 0 aliphatic heterocycles. The minimum atomic E-state index is -0.975. The largest absolute Gasteiger partial charge is 0.368 e. The number of nitrogens with two attached hydrogens (primary N) is 2. The summed E-state index contributed by atoms with van der Waals surface area (Å²) in [5.41, 5.74) is 11.4. The average molecular weight is 221 g/mol. The first-order valence-electron chi connectivity index (χ1n) is 5.42. The SMILES string of the molecule is CC(C)CC(N)(Cc1cccnc1)C(N)=O. The number of carbonyl (C=O) groups is 1. The number of nitrogens with zero attached hydrogens (tertiary/aromatic N) is 1. The molecule has 0 fully saturated rings. The fourth-order valence-electron chi connectivity index (χ4n) is 1.86. The van der Waals surface area contributed by atoms with Crippen LogP contribution in [0, 0.1) is 5.92 Å². The molecule has 88 valence electrons. The summed E-state index contributed by atoms with van der Waals surface area (Å²) in [5, 5.41) is 0. The lowest BCUT2D eigenvalue weighted by molar-refractivity contribution is -0.123. The van der Waals surface area contributed by atoms with Crippen molar-refractivity contribution in [3.63, 3.8) is 0 Å². The average Bonchev–Trinajstić information content (AvgIpc) is 2.17. The van der Waals surface area contributed by atoms with E-state index < -0.39 is 11.4 Å². The molecule has 1 atom stereocenters. The number of hydrogen-bond donors (Lipinski definition) is 2. The zero-order chi connectivity index (χ0) is 12.2. The van der Waals surface area contributed by atoms with Crippen LogP contribution in [0.25, 0.3) is 0 Å². The Labute approximate surface area is 96.0 Å². The second-order valence-electron chi connectivity index (χ2n) is 4.66. The molecule has 1 amide bonds. The van der Waals surface area contributed by atoms with Gasteiger partial charge >= 0.3 is 0 Å². The zero-order valence-electron chi connectivity index (χ0n) is 9.81. The molecule has 0 aromatic carbocycles. The summed E-state index contributed by atoms with van der Waals surface area (Å²) < 4.78 is 0. The molecule has 0 spiro atoms. The molecular weight excluding hydrogens is 202 g/mol. The van der Waals surface area contributed by atoms with E-state index in [9.17, 15) is 4.79 Å². The lowest BCUT2D eigenvalue weighted by Crippen LogP contribution is -2.54. The Morgan fingerprint density at radius 1 is 1.56 bits per heavy atom. The summed E-state index contributed by atoms with van der Waals surface area (Å²) >= 11 is 0. The lowest BCUT2D eigenvalue weighted by Gasteiger charge is -2.27. The quantitative estimate of drug-likeness (QED) is 0.773. The predicted molar refractivity (Wildman–Crippen MR) is 63.5 cm³/mol. The summed E-state index contributed by atoms with van der Waals surface area (Å²) in [6.45, 7) is 4.04. The van der Waals surface area contributed by atoms with Crippen molar-refractivity contribution in [1.82, 2.24) is 4.98 Å². The van der Waals surface area contributed by atoms with Crippen LogP contribution in [0.4, 0.5) is 0 Å². The second kappa shape index (κ2) is 5.07. The van der Waals surface area contributed by atoms with Gasteiger partial charge in [-0.1, -0.05) is 19.9 Å². The topological polar surface area (TPSA) is 82.0 Å². The van der Waals surface area contributed by atoms with Gasteiger partial charge in [0.25, 0.3) is 0 Å². The Morgan fingerprint density at radius 3 is 2.69 bits per heavy atom. The van der Waals surface area contributed by atoms with Crippen molar-refractivity contribution in [3.8, 4) is 0 Å². The smallest absolute Gasteiger partial charge is 0.237 e. The van der Waals surface area contributed by atoms with Crippen molar-refractivity contribution in [3.05, 3.63) is 30.1 Å². The van der Waals surface area contributed by atoms with Crippen LogP contribution in [0.2, 0.25) is 0 Å². The molecule has 0 aliphatic carbocycles. The summed E-state index contributed by atoms with van der Waals surface area (Å²) in [6.07, 6.45) is 4.42. The van der Waals surface area contributed by atoms with Crippen molar-refractivity contribution in [1.29, 1.82) is 0 Å². The van der Waals surface area contributed by atoms with E-state index in [1.807, 2.05) is 26.0 Å². The van der Waals surface area contributed by atoms with Gasteiger partial charge in [-0.3, -0.25) is 9.78 Å². The van der Waals surface area contributed by atoms with Gasteiger partial charge in [0.05, 0.1) is 5.54 Å². The number of carbonyl (C=O) groups excluding carboxylic acids is 1. The standard InChI is InChI=1S/C12H19N3O/c1-9(2)6-12(14,11(13)16)7-10-4-3-5-15-8-10/h3-5,8-9H,6-7,14H2,1-2H3,(H2,13,16). The van der Waals surface area contributed by atoms with Crippen molar-refractivity contribution in [2.24, 2.45) is 17.4 Å². The molecule has 4 heteroatoms. The van der Waals surface area contributed by atoms with Gasteiger partial charge in [0.2, 0.25) is 5.91 Å². The predicted octanol–water partition coefficient (Wildman–Crippen LogP) is 0.853. The van der Waals surface area contributed by atoms with E-state index in [1.54, 1.807) is 12.4 Å². The first-order chi connectivity index (χ1) is 7.44. The maximum Gasteiger partial charge on any atom is 0.237 e. The number of primary amides is 1. The van der Waals surface area contributed by atoms with Crippen LogP contribution >= 0.6 is 0 Å². The maximum absolute atomic E-state index is 11.4. The van der Waals surface area contributed by atoms with Gasteiger partial charge < -0.3 is 11.5 Å². The number of rotatable bonds is 5. The van der Waals surface area contributed by atoms with Crippen LogP contribution in [-0.4, -0.2) is 16.4 Å². The summed E-state index contributed by atoms with van der Waals surface area (Å²) in [6, 6.07) is 3.73. The fraction of sp³-hybridized carbons (Fsp3) is 0.500.